The third kappa shape index (κ3) is 3.06. The Morgan fingerprint density at radius 1 is 1.19 bits per heavy atom. The van der Waals surface area contributed by atoms with Crippen LogP contribution in [0.25, 0.3) is 0 Å². The van der Waals surface area contributed by atoms with E-state index in [2.05, 4.69) is 10.3 Å². The Morgan fingerprint density at radius 2 is 1.96 bits per heavy atom. The summed E-state index contributed by atoms with van der Waals surface area (Å²) in [6, 6.07) is 3.50. The van der Waals surface area contributed by atoms with Crippen LogP contribution in [-0.2, 0) is 20.5 Å². The number of benzene rings is 1. The molecule has 0 radical (unpaired) electrons. The number of nitrogens with one attached hydrogen (secondary N) is 1. The molecule has 0 aromatic heterocycles. The molecule has 3 aliphatic heterocycles. The SMILES string of the molecule is O=C1NCCC2=C1C(c1ccc(Cl)c(C(F)(F)F)c1)C1C(=O)COCC1=N2. The highest BCUT2D eigenvalue weighted by Crippen LogP contribution is 2.44. The Morgan fingerprint density at radius 3 is 2.70 bits per heavy atom. The van der Waals surface area contributed by atoms with Gasteiger partial charge in [0.2, 0.25) is 5.91 Å². The van der Waals surface area contributed by atoms with Crippen LogP contribution in [0.1, 0.15) is 23.5 Å². The molecule has 1 aromatic carbocycles. The van der Waals surface area contributed by atoms with Gasteiger partial charge in [-0.1, -0.05) is 17.7 Å². The summed E-state index contributed by atoms with van der Waals surface area (Å²) in [7, 11) is 0. The number of amides is 1. The van der Waals surface area contributed by atoms with Gasteiger partial charge in [-0.05, 0) is 17.7 Å². The molecule has 27 heavy (non-hydrogen) atoms. The number of carbonyl (C=O) groups is 2. The number of carbonyl (C=O) groups excluding carboxylic acids is 2. The Balaban J connectivity index is 1.91. The van der Waals surface area contributed by atoms with Crippen molar-refractivity contribution in [1.82, 2.24) is 5.32 Å². The zero-order chi connectivity index (χ0) is 19.3. The van der Waals surface area contributed by atoms with Crippen LogP contribution in [0, 0.1) is 5.92 Å². The fourth-order valence-corrected chi connectivity index (χ4v) is 4.07. The van der Waals surface area contributed by atoms with Gasteiger partial charge in [-0.2, -0.15) is 13.2 Å². The molecule has 1 amide bonds. The second kappa shape index (κ2) is 6.45. The minimum atomic E-state index is -4.65. The summed E-state index contributed by atoms with van der Waals surface area (Å²) in [5, 5.41) is 2.26. The summed E-state index contributed by atoms with van der Waals surface area (Å²) in [5.74, 6) is -2.38. The van der Waals surface area contributed by atoms with E-state index in [4.69, 9.17) is 16.3 Å². The Bertz CT molecular complexity index is 908. The maximum absolute atomic E-state index is 13.3. The number of hydrogen-bond acceptors (Lipinski definition) is 4. The van der Waals surface area contributed by atoms with E-state index in [1.54, 1.807) is 0 Å². The van der Waals surface area contributed by atoms with Crippen LogP contribution in [0.3, 0.4) is 0 Å². The van der Waals surface area contributed by atoms with Crippen molar-refractivity contribution in [3.05, 3.63) is 45.6 Å². The number of aliphatic imine (C=N–C) groups is 1. The van der Waals surface area contributed by atoms with Crippen molar-refractivity contribution in [2.45, 2.75) is 18.5 Å². The van der Waals surface area contributed by atoms with Crippen molar-refractivity contribution in [3.8, 4) is 0 Å². The summed E-state index contributed by atoms with van der Waals surface area (Å²) in [6.07, 6.45) is -4.20. The van der Waals surface area contributed by atoms with Gasteiger partial charge in [-0.15, -0.1) is 0 Å². The third-order valence-electron chi connectivity index (χ3n) is 4.98. The Labute approximate surface area is 157 Å². The highest BCUT2D eigenvalue weighted by atomic mass is 35.5. The van der Waals surface area contributed by atoms with Gasteiger partial charge in [0.1, 0.15) is 6.61 Å². The van der Waals surface area contributed by atoms with Crippen LogP contribution < -0.4 is 5.32 Å². The quantitative estimate of drug-likeness (QED) is 0.791. The van der Waals surface area contributed by atoms with Gasteiger partial charge in [0.05, 0.1) is 34.5 Å². The first-order chi connectivity index (χ1) is 12.8. The lowest BCUT2D eigenvalue weighted by Gasteiger charge is -2.37. The van der Waals surface area contributed by atoms with Crippen molar-refractivity contribution in [1.29, 1.82) is 0 Å². The van der Waals surface area contributed by atoms with E-state index in [0.717, 1.165) is 12.1 Å². The van der Waals surface area contributed by atoms with Gasteiger partial charge in [0.15, 0.2) is 5.78 Å². The van der Waals surface area contributed by atoms with Gasteiger partial charge in [0, 0.05) is 24.5 Å². The van der Waals surface area contributed by atoms with Gasteiger partial charge in [0.25, 0.3) is 0 Å². The molecular weight excluding hydrogens is 385 g/mol. The largest absolute Gasteiger partial charge is 0.417 e. The average Bonchev–Trinajstić information content (AvgIpc) is 2.60. The molecule has 0 saturated carbocycles. The van der Waals surface area contributed by atoms with Crippen LogP contribution in [0.2, 0.25) is 5.02 Å². The number of hydrogen-bond donors (Lipinski definition) is 1. The molecule has 0 spiro atoms. The third-order valence-corrected chi connectivity index (χ3v) is 5.31. The summed E-state index contributed by atoms with van der Waals surface area (Å²) in [6.45, 7) is 0.338. The fourth-order valence-electron chi connectivity index (χ4n) is 3.85. The lowest BCUT2D eigenvalue weighted by molar-refractivity contribution is -0.137. The number of fused-ring (bicyclic) bond motifs is 1. The van der Waals surface area contributed by atoms with E-state index in [1.807, 2.05) is 0 Å². The molecular formula is C18H14ClF3N2O3. The molecule has 1 aromatic rings. The highest BCUT2D eigenvalue weighted by Gasteiger charge is 2.46. The standard InChI is InChI=1S/C18H14ClF3N2O3/c19-10-2-1-8(5-9(10)18(20,21)22)14-15-12(6-27-7-13(15)25)24-11-3-4-23-17(26)16(11)14/h1-2,5,14-15H,3-4,6-7H2,(H,23,26). The maximum Gasteiger partial charge on any atom is 0.417 e. The molecule has 0 aliphatic carbocycles. The summed E-state index contributed by atoms with van der Waals surface area (Å²) in [5.41, 5.74) is 0.415. The minimum Gasteiger partial charge on any atom is -0.368 e. The Hall–Kier alpha value is -2.19. The fraction of sp³-hybridized carbons (Fsp3) is 0.389. The molecule has 2 atom stereocenters. The molecule has 1 fully saturated rings. The van der Waals surface area contributed by atoms with Crippen molar-refractivity contribution in [2.75, 3.05) is 19.8 Å². The zero-order valence-electron chi connectivity index (χ0n) is 13.9. The second-order valence-electron chi connectivity index (χ2n) is 6.62. The van der Waals surface area contributed by atoms with Crippen molar-refractivity contribution in [2.24, 2.45) is 10.9 Å². The molecule has 3 heterocycles. The monoisotopic (exact) mass is 398 g/mol. The number of rotatable bonds is 1. The predicted molar refractivity (Wildman–Crippen MR) is 90.6 cm³/mol. The molecule has 142 valence electrons. The zero-order valence-corrected chi connectivity index (χ0v) is 14.7. The van der Waals surface area contributed by atoms with E-state index in [0.29, 0.717) is 24.4 Å². The van der Waals surface area contributed by atoms with Crippen LogP contribution in [0.4, 0.5) is 13.2 Å². The van der Waals surface area contributed by atoms with Crippen LogP contribution in [-0.4, -0.2) is 37.2 Å². The van der Waals surface area contributed by atoms with Crippen molar-refractivity contribution < 1.29 is 27.5 Å². The van der Waals surface area contributed by atoms with E-state index in [9.17, 15) is 22.8 Å². The van der Waals surface area contributed by atoms with Crippen LogP contribution in [0.15, 0.2) is 34.5 Å². The van der Waals surface area contributed by atoms with E-state index in [1.165, 1.54) is 6.07 Å². The van der Waals surface area contributed by atoms with Gasteiger partial charge < -0.3 is 10.1 Å². The van der Waals surface area contributed by atoms with Gasteiger partial charge in [-0.25, -0.2) is 0 Å². The molecule has 4 rings (SSSR count). The number of Topliss-reactive ketones (excluding diaryl/α,β-unsaturated/α-hetero) is 1. The van der Waals surface area contributed by atoms with E-state index < -0.39 is 34.5 Å². The molecule has 5 nitrogen and oxygen atoms in total. The number of ether oxygens (including phenoxy) is 1. The number of alkyl halides is 3. The number of halogens is 4. The lowest BCUT2D eigenvalue weighted by atomic mass is 9.71. The topological polar surface area (TPSA) is 67.8 Å². The van der Waals surface area contributed by atoms with Crippen LogP contribution in [0.5, 0.6) is 0 Å². The van der Waals surface area contributed by atoms with Crippen LogP contribution >= 0.6 is 11.6 Å². The smallest absolute Gasteiger partial charge is 0.368 e. The average molecular weight is 399 g/mol. The van der Waals surface area contributed by atoms with Gasteiger partial charge in [-0.3, -0.25) is 14.6 Å². The minimum absolute atomic E-state index is 0.116. The lowest BCUT2D eigenvalue weighted by Crippen LogP contribution is -2.46. The Kier molecular flexibility index (Phi) is 4.35. The van der Waals surface area contributed by atoms with Crippen molar-refractivity contribution >= 4 is 29.0 Å². The second-order valence-corrected chi connectivity index (χ2v) is 7.03. The molecule has 1 saturated heterocycles. The van der Waals surface area contributed by atoms with Crippen molar-refractivity contribution in [3.63, 3.8) is 0 Å². The maximum atomic E-state index is 13.3. The first kappa shape index (κ1) is 18.2. The molecule has 0 bridgehead atoms. The molecule has 2 unspecified atom stereocenters. The summed E-state index contributed by atoms with van der Waals surface area (Å²) >= 11 is 5.73. The molecule has 3 aliphatic rings. The summed E-state index contributed by atoms with van der Waals surface area (Å²) in [4.78, 5) is 29.5. The molecule has 1 N–H and O–H groups in total. The summed E-state index contributed by atoms with van der Waals surface area (Å²) < 4.78 is 45.2. The van der Waals surface area contributed by atoms with Gasteiger partial charge >= 0.3 is 6.18 Å². The van der Waals surface area contributed by atoms with E-state index in [-0.39, 0.29) is 30.1 Å². The first-order valence-corrected chi connectivity index (χ1v) is 8.71. The highest BCUT2D eigenvalue weighted by molar-refractivity contribution is 6.31. The first-order valence-electron chi connectivity index (χ1n) is 8.33. The predicted octanol–water partition coefficient (Wildman–Crippen LogP) is 2.89. The van der Waals surface area contributed by atoms with E-state index >= 15 is 0 Å². The number of nitrogens with zero attached hydrogens (tertiary/aromatic N) is 1. The molecule has 9 heteroatoms. The normalized spacial score (nSPS) is 25.6. The number of ketones is 1.